The van der Waals surface area contributed by atoms with Crippen molar-refractivity contribution in [3.8, 4) is 5.88 Å². The first-order chi connectivity index (χ1) is 7.42. The summed E-state index contributed by atoms with van der Waals surface area (Å²) < 4.78 is 6.40. The molecule has 1 rings (SSSR count). The van der Waals surface area contributed by atoms with Crippen LogP contribution in [0.25, 0.3) is 0 Å². The van der Waals surface area contributed by atoms with Crippen LogP contribution in [-0.2, 0) is 0 Å². The van der Waals surface area contributed by atoms with Gasteiger partial charge in [-0.15, -0.1) is 0 Å². The molecule has 5 heteroatoms. The van der Waals surface area contributed by atoms with E-state index >= 15 is 0 Å². The maximum Gasteiger partial charge on any atom is 0.232 e. The van der Waals surface area contributed by atoms with Crippen LogP contribution in [0, 0.1) is 5.41 Å². The molecule has 0 aliphatic rings. The fourth-order valence-corrected chi connectivity index (χ4v) is 1.33. The Kier molecular flexibility index (Phi) is 4.53. The van der Waals surface area contributed by atoms with E-state index in [0.717, 1.165) is 10.9 Å². The van der Waals surface area contributed by atoms with Crippen LogP contribution >= 0.6 is 15.9 Å². The molecule has 0 amide bonds. The van der Waals surface area contributed by atoms with E-state index in [1.165, 1.54) is 0 Å². The van der Waals surface area contributed by atoms with Crippen LogP contribution < -0.4 is 10.1 Å². The SMILES string of the molecule is CNc1ncc(Br)c(OCCC(C)(C)C)n1. The minimum atomic E-state index is 0.269. The minimum Gasteiger partial charge on any atom is -0.477 e. The number of rotatable bonds is 4. The van der Waals surface area contributed by atoms with Gasteiger partial charge in [0.15, 0.2) is 0 Å². The van der Waals surface area contributed by atoms with Gasteiger partial charge in [-0.2, -0.15) is 4.98 Å². The van der Waals surface area contributed by atoms with Crippen LogP contribution in [0.4, 0.5) is 5.95 Å². The second-order valence-corrected chi connectivity index (χ2v) is 5.61. The van der Waals surface area contributed by atoms with Crippen molar-refractivity contribution in [2.75, 3.05) is 19.0 Å². The van der Waals surface area contributed by atoms with Gasteiger partial charge in [-0.1, -0.05) is 20.8 Å². The van der Waals surface area contributed by atoms with E-state index in [1.54, 1.807) is 13.2 Å². The molecule has 0 aliphatic heterocycles. The third kappa shape index (κ3) is 4.35. The molecule has 0 atom stereocenters. The van der Waals surface area contributed by atoms with Gasteiger partial charge in [-0.3, -0.25) is 0 Å². The van der Waals surface area contributed by atoms with Crippen molar-refractivity contribution in [3.63, 3.8) is 0 Å². The summed E-state index contributed by atoms with van der Waals surface area (Å²) in [6.07, 6.45) is 2.67. The van der Waals surface area contributed by atoms with Gasteiger partial charge in [0.05, 0.1) is 17.3 Å². The maximum atomic E-state index is 5.62. The number of hydrogen-bond donors (Lipinski definition) is 1. The second-order valence-electron chi connectivity index (χ2n) is 4.76. The quantitative estimate of drug-likeness (QED) is 0.924. The Morgan fingerprint density at radius 3 is 2.69 bits per heavy atom. The largest absolute Gasteiger partial charge is 0.477 e. The number of ether oxygens (including phenoxy) is 1. The number of halogens is 1. The number of aromatic nitrogens is 2. The van der Waals surface area contributed by atoms with Crippen molar-refractivity contribution in [3.05, 3.63) is 10.7 Å². The van der Waals surface area contributed by atoms with E-state index in [4.69, 9.17) is 4.74 Å². The average Bonchev–Trinajstić information content (AvgIpc) is 2.19. The molecule has 1 aromatic heterocycles. The van der Waals surface area contributed by atoms with E-state index in [-0.39, 0.29) is 5.41 Å². The van der Waals surface area contributed by atoms with E-state index in [9.17, 15) is 0 Å². The zero-order valence-electron chi connectivity index (χ0n) is 10.2. The standard InChI is InChI=1S/C11H18BrN3O/c1-11(2,3)5-6-16-9-8(12)7-14-10(13-4)15-9/h7H,5-6H2,1-4H3,(H,13,14,15). The third-order valence-electron chi connectivity index (χ3n) is 2.03. The number of nitrogens with zero attached hydrogens (tertiary/aromatic N) is 2. The van der Waals surface area contributed by atoms with Crippen molar-refractivity contribution < 1.29 is 4.74 Å². The predicted octanol–water partition coefficient (Wildman–Crippen LogP) is 3.10. The summed E-state index contributed by atoms with van der Waals surface area (Å²) >= 11 is 3.36. The van der Waals surface area contributed by atoms with E-state index in [1.807, 2.05) is 0 Å². The lowest BCUT2D eigenvalue weighted by Crippen LogP contribution is -2.12. The van der Waals surface area contributed by atoms with Gasteiger partial charge in [0.2, 0.25) is 11.8 Å². The number of nitrogens with one attached hydrogen (secondary N) is 1. The number of hydrogen-bond acceptors (Lipinski definition) is 4. The monoisotopic (exact) mass is 287 g/mol. The highest BCUT2D eigenvalue weighted by atomic mass is 79.9. The molecule has 0 saturated heterocycles. The molecule has 4 nitrogen and oxygen atoms in total. The fraction of sp³-hybridized carbons (Fsp3) is 0.636. The molecule has 0 aromatic carbocycles. The van der Waals surface area contributed by atoms with Crippen molar-refractivity contribution in [2.24, 2.45) is 5.41 Å². The zero-order valence-corrected chi connectivity index (χ0v) is 11.8. The van der Waals surface area contributed by atoms with Crippen LogP contribution in [0.5, 0.6) is 5.88 Å². The summed E-state index contributed by atoms with van der Waals surface area (Å²) in [6.45, 7) is 7.21. The van der Waals surface area contributed by atoms with Crippen molar-refractivity contribution in [2.45, 2.75) is 27.2 Å². The topological polar surface area (TPSA) is 47.0 Å². The summed E-state index contributed by atoms with van der Waals surface area (Å²) in [7, 11) is 1.78. The Balaban J connectivity index is 2.59. The molecule has 16 heavy (non-hydrogen) atoms. The maximum absolute atomic E-state index is 5.62. The normalized spacial score (nSPS) is 11.3. The molecule has 1 aromatic rings. The van der Waals surface area contributed by atoms with Crippen LogP contribution in [0.1, 0.15) is 27.2 Å². The summed E-state index contributed by atoms with van der Waals surface area (Å²) in [4.78, 5) is 8.28. The van der Waals surface area contributed by atoms with Gasteiger partial charge < -0.3 is 10.1 Å². The Labute approximate surface area is 105 Å². The summed E-state index contributed by atoms with van der Waals surface area (Å²) in [5.41, 5.74) is 0.269. The van der Waals surface area contributed by atoms with Gasteiger partial charge in [0.1, 0.15) is 0 Å². The Bertz CT molecular complexity index is 350. The van der Waals surface area contributed by atoms with E-state index < -0.39 is 0 Å². The van der Waals surface area contributed by atoms with Crippen LogP contribution in [0.15, 0.2) is 10.7 Å². The Morgan fingerprint density at radius 2 is 2.12 bits per heavy atom. The van der Waals surface area contributed by atoms with Crippen LogP contribution in [0.2, 0.25) is 0 Å². The lowest BCUT2D eigenvalue weighted by Gasteiger charge is -2.18. The second kappa shape index (κ2) is 5.48. The molecule has 1 N–H and O–H groups in total. The van der Waals surface area contributed by atoms with Crippen molar-refractivity contribution >= 4 is 21.9 Å². The van der Waals surface area contributed by atoms with Gasteiger partial charge in [0.25, 0.3) is 0 Å². The summed E-state index contributed by atoms with van der Waals surface area (Å²) in [5.74, 6) is 1.15. The van der Waals surface area contributed by atoms with Crippen molar-refractivity contribution in [1.29, 1.82) is 0 Å². The van der Waals surface area contributed by atoms with Crippen LogP contribution in [-0.4, -0.2) is 23.6 Å². The lowest BCUT2D eigenvalue weighted by molar-refractivity contribution is 0.235. The highest BCUT2D eigenvalue weighted by Crippen LogP contribution is 2.24. The minimum absolute atomic E-state index is 0.269. The summed E-state index contributed by atoms with van der Waals surface area (Å²) in [6, 6.07) is 0. The van der Waals surface area contributed by atoms with Gasteiger partial charge in [-0.25, -0.2) is 4.98 Å². The molecule has 0 unspecified atom stereocenters. The molecular formula is C11H18BrN3O. The first-order valence-electron chi connectivity index (χ1n) is 5.25. The smallest absolute Gasteiger partial charge is 0.232 e. The molecule has 0 spiro atoms. The highest BCUT2D eigenvalue weighted by molar-refractivity contribution is 9.10. The first kappa shape index (κ1) is 13.2. The van der Waals surface area contributed by atoms with E-state index in [2.05, 4.69) is 52.0 Å². The lowest BCUT2D eigenvalue weighted by atomic mass is 9.93. The molecular weight excluding hydrogens is 270 g/mol. The number of anilines is 1. The molecule has 0 bridgehead atoms. The van der Waals surface area contributed by atoms with E-state index in [0.29, 0.717) is 18.4 Å². The fourth-order valence-electron chi connectivity index (χ4n) is 1.03. The Morgan fingerprint density at radius 1 is 1.44 bits per heavy atom. The first-order valence-corrected chi connectivity index (χ1v) is 6.05. The van der Waals surface area contributed by atoms with Crippen LogP contribution in [0.3, 0.4) is 0 Å². The molecule has 0 saturated carbocycles. The molecule has 1 heterocycles. The van der Waals surface area contributed by atoms with Gasteiger partial charge in [0, 0.05) is 7.05 Å². The predicted molar refractivity (Wildman–Crippen MR) is 68.8 cm³/mol. The third-order valence-corrected chi connectivity index (χ3v) is 2.57. The average molecular weight is 288 g/mol. The zero-order chi connectivity index (χ0) is 12.2. The highest BCUT2D eigenvalue weighted by Gasteiger charge is 2.11. The summed E-state index contributed by atoms with van der Waals surface area (Å²) in [5, 5.41) is 2.88. The molecule has 0 radical (unpaired) electrons. The molecule has 0 fully saturated rings. The van der Waals surface area contributed by atoms with Gasteiger partial charge >= 0.3 is 0 Å². The molecule has 0 aliphatic carbocycles. The Hall–Kier alpha value is -0.840. The van der Waals surface area contributed by atoms with Gasteiger partial charge in [-0.05, 0) is 27.8 Å². The molecule has 90 valence electrons. The van der Waals surface area contributed by atoms with Crippen molar-refractivity contribution in [1.82, 2.24) is 9.97 Å².